The summed E-state index contributed by atoms with van der Waals surface area (Å²) in [7, 11) is -3.19. The molecule has 0 bridgehead atoms. The Hall–Kier alpha value is -0.940. The molecule has 0 radical (unpaired) electrons. The van der Waals surface area contributed by atoms with Crippen molar-refractivity contribution in [3.8, 4) is 0 Å². The highest BCUT2D eigenvalue weighted by atomic mass is 127. The molecule has 3 N–H and O–H groups in total. The minimum atomic E-state index is -3.19. The summed E-state index contributed by atoms with van der Waals surface area (Å²) in [6.07, 6.45) is 1.11. The first-order chi connectivity index (χ1) is 9.90. The van der Waals surface area contributed by atoms with Crippen molar-refractivity contribution < 1.29 is 12.8 Å². The van der Waals surface area contributed by atoms with Crippen LogP contribution in [0.2, 0.25) is 0 Å². The van der Waals surface area contributed by atoms with Crippen molar-refractivity contribution in [2.75, 3.05) is 25.9 Å². The number of hydrogen-bond donors (Lipinski definition) is 3. The van der Waals surface area contributed by atoms with Crippen LogP contribution in [-0.2, 0) is 16.6 Å². The van der Waals surface area contributed by atoms with Crippen molar-refractivity contribution in [1.29, 1.82) is 0 Å². The Morgan fingerprint density at radius 3 is 2.59 bits per heavy atom. The second kappa shape index (κ2) is 10.7. The van der Waals surface area contributed by atoms with Gasteiger partial charge in [0.2, 0.25) is 10.0 Å². The van der Waals surface area contributed by atoms with Gasteiger partial charge in [-0.15, -0.1) is 24.0 Å². The Balaban J connectivity index is 0.00000441. The molecule has 0 aliphatic carbocycles. The first-order valence-corrected chi connectivity index (χ1v) is 8.51. The predicted molar refractivity (Wildman–Crippen MR) is 97.5 cm³/mol. The van der Waals surface area contributed by atoms with Crippen LogP contribution in [0.1, 0.15) is 12.5 Å². The van der Waals surface area contributed by atoms with E-state index in [1.54, 1.807) is 12.1 Å². The molecular formula is C13H22FIN4O2S. The zero-order chi connectivity index (χ0) is 15.7. The Morgan fingerprint density at radius 2 is 2.00 bits per heavy atom. The third-order valence-electron chi connectivity index (χ3n) is 2.43. The monoisotopic (exact) mass is 444 g/mol. The average molecular weight is 444 g/mol. The number of aliphatic imine (C=N–C) groups is 1. The number of benzene rings is 1. The summed E-state index contributed by atoms with van der Waals surface area (Å²) in [6, 6.07) is 6.24. The lowest BCUT2D eigenvalue weighted by molar-refractivity contribution is 0.586. The maximum absolute atomic E-state index is 13.1. The van der Waals surface area contributed by atoms with Crippen LogP contribution in [0.25, 0.3) is 0 Å². The number of hydrogen-bond acceptors (Lipinski definition) is 3. The van der Waals surface area contributed by atoms with Gasteiger partial charge >= 0.3 is 0 Å². The van der Waals surface area contributed by atoms with Gasteiger partial charge in [-0.05, 0) is 24.6 Å². The second-order valence-electron chi connectivity index (χ2n) is 4.42. The van der Waals surface area contributed by atoms with Gasteiger partial charge < -0.3 is 10.6 Å². The molecule has 0 atom stereocenters. The van der Waals surface area contributed by atoms with Crippen LogP contribution in [0.3, 0.4) is 0 Å². The summed E-state index contributed by atoms with van der Waals surface area (Å²) >= 11 is 0. The van der Waals surface area contributed by atoms with E-state index in [2.05, 4.69) is 20.3 Å². The van der Waals surface area contributed by atoms with Crippen LogP contribution < -0.4 is 15.4 Å². The lowest BCUT2D eigenvalue weighted by Crippen LogP contribution is -2.41. The molecule has 1 aromatic carbocycles. The van der Waals surface area contributed by atoms with Crippen molar-refractivity contribution in [3.05, 3.63) is 35.6 Å². The van der Waals surface area contributed by atoms with Gasteiger partial charge in [-0.3, -0.25) is 0 Å². The van der Waals surface area contributed by atoms with Gasteiger partial charge in [0.15, 0.2) is 5.96 Å². The zero-order valence-corrected chi connectivity index (χ0v) is 15.7. The lowest BCUT2D eigenvalue weighted by Gasteiger charge is -2.11. The van der Waals surface area contributed by atoms with E-state index in [4.69, 9.17) is 0 Å². The largest absolute Gasteiger partial charge is 0.357 e. The summed E-state index contributed by atoms with van der Waals surface area (Å²) in [5.74, 6) is 0.259. The molecule has 0 aliphatic heterocycles. The molecule has 9 heteroatoms. The van der Waals surface area contributed by atoms with E-state index in [1.165, 1.54) is 12.1 Å². The summed E-state index contributed by atoms with van der Waals surface area (Å²) < 4.78 is 37.3. The molecule has 0 spiro atoms. The normalized spacial score (nSPS) is 11.7. The molecule has 6 nitrogen and oxygen atoms in total. The van der Waals surface area contributed by atoms with E-state index >= 15 is 0 Å². The van der Waals surface area contributed by atoms with Gasteiger partial charge in [-0.2, -0.15) is 0 Å². The molecule has 126 valence electrons. The van der Waals surface area contributed by atoms with E-state index in [0.29, 0.717) is 25.6 Å². The molecule has 22 heavy (non-hydrogen) atoms. The van der Waals surface area contributed by atoms with Gasteiger partial charge in [0, 0.05) is 19.6 Å². The maximum atomic E-state index is 13.1. The summed E-state index contributed by atoms with van der Waals surface area (Å²) in [4.78, 5) is 4.31. The number of nitrogens with zero attached hydrogens (tertiary/aromatic N) is 1. The van der Waals surface area contributed by atoms with E-state index in [9.17, 15) is 12.8 Å². The van der Waals surface area contributed by atoms with E-state index < -0.39 is 10.0 Å². The Morgan fingerprint density at radius 1 is 1.27 bits per heavy atom. The van der Waals surface area contributed by atoms with Crippen LogP contribution in [0, 0.1) is 5.82 Å². The quantitative estimate of drug-likeness (QED) is 0.254. The summed E-state index contributed by atoms with van der Waals surface area (Å²) in [6.45, 7) is 3.61. The van der Waals surface area contributed by atoms with Crippen molar-refractivity contribution in [2.45, 2.75) is 13.5 Å². The summed E-state index contributed by atoms with van der Waals surface area (Å²) in [5, 5.41) is 6.03. The minimum Gasteiger partial charge on any atom is -0.357 e. The predicted octanol–water partition coefficient (Wildman–Crippen LogP) is 1.05. The fraction of sp³-hybridized carbons (Fsp3) is 0.462. The van der Waals surface area contributed by atoms with Gasteiger partial charge in [0.05, 0.1) is 12.8 Å². The first-order valence-electron chi connectivity index (χ1n) is 6.62. The van der Waals surface area contributed by atoms with E-state index in [-0.39, 0.29) is 36.3 Å². The van der Waals surface area contributed by atoms with E-state index in [1.807, 2.05) is 6.92 Å². The topological polar surface area (TPSA) is 82.6 Å². The molecular weight excluding hydrogens is 422 g/mol. The molecule has 0 aliphatic rings. The number of nitrogens with one attached hydrogen (secondary N) is 3. The van der Waals surface area contributed by atoms with Crippen LogP contribution in [0.4, 0.5) is 4.39 Å². The highest BCUT2D eigenvalue weighted by Gasteiger charge is 2.01. The third kappa shape index (κ3) is 9.90. The SMILES string of the molecule is CCNC(=NCc1cccc(F)c1)NCCNS(C)(=O)=O.I. The fourth-order valence-corrected chi connectivity index (χ4v) is 2.04. The first kappa shape index (κ1) is 21.1. The van der Waals surface area contributed by atoms with E-state index in [0.717, 1.165) is 11.8 Å². The number of halogens is 2. The molecule has 0 saturated carbocycles. The molecule has 0 amide bonds. The molecule has 0 fully saturated rings. The third-order valence-corrected chi connectivity index (χ3v) is 3.16. The molecule has 0 unspecified atom stereocenters. The van der Waals surface area contributed by atoms with Gasteiger partial charge in [-0.1, -0.05) is 12.1 Å². The fourth-order valence-electron chi connectivity index (χ4n) is 1.56. The van der Waals surface area contributed by atoms with Crippen LogP contribution >= 0.6 is 24.0 Å². The zero-order valence-electron chi connectivity index (χ0n) is 12.6. The minimum absolute atomic E-state index is 0. The average Bonchev–Trinajstić information content (AvgIpc) is 2.39. The number of rotatable bonds is 7. The number of guanidine groups is 1. The molecule has 1 aromatic rings. The van der Waals surface area contributed by atoms with Gasteiger partial charge in [0.1, 0.15) is 5.82 Å². The van der Waals surface area contributed by atoms with Crippen molar-refractivity contribution in [3.63, 3.8) is 0 Å². The maximum Gasteiger partial charge on any atom is 0.208 e. The van der Waals surface area contributed by atoms with Gasteiger partial charge in [-0.25, -0.2) is 22.5 Å². The van der Waals surface area contributed by atoms with Crippen LogP contribution in [0.5, 0.6) is 0 Å². The Kier molecular flexibility index (Phi) is 10.3. The molecule has 0 heterocycles. The van der Waals surface area contributed by atoms with Crippen molar-refractivity contribution in [2.24, 2.45) is 4.99 Å². The standard InChI is InChI=1S/C13H21FN4O2S.HI/c1-3-15-13(16-7-8-18-21(2,19)20)17-10-11-5-4-6-12(14)9-11;/h4-6,9,18H,3,7-8,10H2,1-2H3,(H2,15,16,17);1H. The van der Waals surface area contributed by atoms with Crippen molar-refractivity contribution >= 4 is 40.0 Å². The second-order valence-corrected chi connectivity index (χ2v) is 6.25. The smallest absolute Gasteiger partial charge is 0.208 e. The molecule has 1 rings (SSSR count). The highest BCUT2D eigenvalue weighted by Crippen LogP contribution is 2.04. The van der Waals surface area contributed by atoms with Gasteiger partial charge in [0.25, 0.3) is 0 Å². The summed E-state index contributed by atoms with van der Waals surface area (Å²) in [5.41, 5.74) is 0.765. The number of sulfonamides is 1. The van der Waals surface area contributed by atoms with Crippen molar-refractivity contribution in [1.82, 2.24) is 15.4 Å². The molecule has 0 saturated heterocycles. The Bertz CT molecular complexity index is 581. The highest BCUT2D eigenvalue weighted by molar-refractivity contribution is 14.0. The Labute approximate surface area is 148 Å². The lowest BCUT2D eigenvalue weighted by atomic mass is 10.2. The van der Waals surface area contributed by atoms with Crippen LogP contribution in [-0.4, -0.2) is 40.3 Å². The molecule has 0 aromatic heterocycles. The van der Waals surface area contributed by atoms with Crippen LogP contribution in [0.15, 0.2) is 29.3 Å².